The molecule has 1 rings (SSSR count). The Balaban J connectivity index is 2.42. The first-order chi connectivity index (χ1) is 4.70. The summed E-state index contributed by atoms with van der Waals surface area (Å²) in [5.41, 5.74) is 1.55. The van der Waals surface area contributed by atoms with Gasteiger partial charge in [-0.15, -0.1) is 0 Å². The molecule has 0 saturated heterocycles. The summed E-state index contributed by atoms with van der Waals surface area (Å²) in [4.78, 5) is 2.49. The molecule has 0 spiro atoms. The van der Waals surface area contributed by atoms with Crippen LogP contribution in [0.2, 0.25) is 0 Å². The van der Waals surface area contributed by atoms with Crippen molar-refractivity contribution in [2.24, 2.45) is 0 Å². The van der Waals surface area contributed by atoms with Crippen LogP contribution < -0.4 is 0 Å². The van der Waals surface area contributed by atoms with Gasteiger partial charge < -0.3 is 0 Å². The highest BCUT2D eigenvalue weighted by molar-refractivity contribution is 5.03. The molecule has 0 aromatic carbocycles. The second-order valence-corrected chi connectivity index (χ2v) is 3.39. The van der Waals surface area contributed by atoms with E-state index in [1.807, 2.05) is 0 Å². The maximum atomic E-state index is 2.49. The van der Waals surface area contributed by atoms with Gasteiger partial charge in [0.25, 0.3) is 0 Å². The molecule has 0 bridgehead atoms. The molecule has 10 heavy (non-hydrogen) atoms. The third-order valence-electron chi connectivity index (χ3n) is 2.20. The van der Waals surface area contributed by atoms with E-state index >= 15 is 0 Å². The third-order valence-corrected chi connectivity index (χ3v) is 2.20. The van der Waals surface area contributed by atoms with Crippen LogP contribution in [-0.2, 0) is 0 Å². The van der Waals surface area contributed by atoms with Crippen molar-refractivity contribution in [1.82, 2.24) is 4.90 Å². The Morgan fingerprint density at radius 1 is 1.50 bits per heavy atom. The molecule has 58 valence electrons. The predicted molar refractivity (Wildman–Crippen MR) is 45.1 cm³/mol. The molecule has 0 unspecified atom stereocenters. The standard InChI is InChI=1S/C9H17N/c1-8(2)10-6-4-9(3)5-7-10/h4,8H,5-7H2,1-3H3. The first-order valence-corrected chi connectivity index (χ1v) is 4.10. The van der Waals surface area contributed by atoms with Crippen LogP contribution in [0.3, 0.4) is 0 Å². The topological polar surface area (TPSA) is 3.24 Å². The summed E-state index contributed by atoms with van der Waals surface area (Å²) in [6.07, 6.45) is 3.60. The minimum absolute atomic E-state index is 0.712. The van der Waals surface area contributed by atoms with E-state index in [0.29, 0.717) is 6.04 Å². The van der Waals surface area contributed by atoms with Crippen molar-refractivity contribution < 1.29 is 0 Å². The van der Waals surface area contributed by atoms with Gasteiger partial charge in [-0.1, -0.05) is 11.6 Å². The Bertz CT molecular complexity index is 136. The minimum Gasteiger partial charge on any atom is -0.297 e. The quantitative estimate of drug-likeness (QED) is 0.502. The average Bonchev–Trinajstić information content (AvgIpc) is 1.88. The fourth-order valence-electron chi connectivity index (χ4n) is 1.26. The van der Waals surface area contributed by atoms with Gasteiger partial charge >= 0.3 is 0 Å². The monoisotopic (exact) mass is 139 g/mol. The van der Waals surface area contributed by atoms with Gasteiger partial charge in [0.15, 0.2) is 0 Å². The van der Waals surface area contributed by atoms with Gasteiger partial charge in [-0.2, -0.15) is 0 Å². The Labute approximate surface area is 63.7 Å². The zero-order chi connectivity index (χ0) is 7.56. The van der Waals surface area contributed by atoms with Crippen LogP contribution in [0.25, 0.3) is 0 Å². The van der Waals surface area contributed by atoms with Gasteiger partial charge in [0, 0.05) is 19.1 Å². The molecule has 0 atom stereocenters. The first-order valence-electron chi connectivity index (χ1n) is 4.10. The molecule has 0 aromatic rings. The lowest BCUT2D eigenvalue weighted by atomic mass is 10.1. The van der Waals surface area contributed by atoms with Crippen LogP contribution in [0.1, 0.15) is 27.2 Å². The van der Waals surface area contributed by atoms with Crippen LogP contribution >= 0.6 is 0 Å². The maximum absolute atomic E-state index is 2.49. The molecule has 0 aromatic heterocycles. The zero-order valence-corrected chi connectivity index (χ0v) is 7.22. The van der Waals surface area contributed by atoms with Crippen LogP contribution in [0.15, 0.2) is 11.6 Å². The van der Waals surface area contributed by atoms with Crippen LogP contribution in [-0.4, -0.2) is 24.0 Å². The van der Waals surface area contributed by atoms with E-state index in [1.54, 1.807) is 5.57 Å². The van der Waals surface area contributed by atoms with Crippen molar-refractivity contribution in [3.05, 3.63) is 11.6 Å². The fourth-order valence-corrected chi connectivity index (χ4v) is 1.26. The van der Waals surface area contributed by atoms with E-state index in [2.05, 4.69) is 31.7 Å². The van der Waals surface area contributed by atoms with Crippen molar-refractivity contribution in [1.29, 1.82) is 0 Å². The van der Waals surface area contributed by atoms with Crippen LogP contribution in [0, 0.1) is 0 Å². The Morgan fingerprint density at radius 2 is 2.20 bits per heavy atom. The molecule has 0 aliphatic carbocycles. The van der Waals surface area contributed by atoms with Gasteiger partial charge in [0.1, 0.15) is 0 Å². The van der Waals surface area contributed by atoms with Crippen molar-refractivity contribution in [2.75, 3.05) is 13.1 Å². The van der Waals surface area contributed by atoms with Crippen LogP contribution in [0.4, 0.5) is 0 Å². The van der Waals surface area contributed by atoms with E-state index in [9.17, 15) is 0 Å². The summed E-state index contributed by atoms with van der Waals surface area (Å²) < 4.78 is 0. The summed E-state index contributed by atoms with van der Waals surface area (Å²) in [6, 6.07) is 0.712. The molecule has 1 aliphatic heterocycles. The molecule has 0 radical (unpaired) electrons. The van der Waals surface area contributed by atoms with E-state index in [0.717, 1.165) is 6.54 Å². The second kappa shape index (κ2) is 3.20. The van der Waals surface area contributed by atoms with Crippen LogP contribution in [0.5, 0.6) is 0 Å². The molecule has 0 N–H and O–H groups in total. The predicted octanol–water partition coefficient (Wildman–Crippen LogP) is 2.05. The highest BCUT2D eigenvalue weighted by Crippen LogP contribution is 2.11. The number of rotatable bonds is 1. The van der Waals surface area contributed by atoms with Crippen molar-refractivity contribution >= 4 is 0 Å². The Kier molecular flexibility index (Phi) is 2.50. The van der Waals surface area contributed by atoms with Gasteiger partial charge in [-0.05, 0) is 27.2 Å². The van der Waals surface area contributed by atoms with Gasteiger partial charge in [0.05, 0.1) is 0 Å². The third kappa shape index (κ3) is 1.84. The summed E-state index contributed by atoms with van der Waals surface area (Å²) in [7, 11) is 0. The van der Waals surface area contributed by atoms with Gasteiger partial charge in [0.2, 0.25) is 0 Å². The van der Waals surface area contributed by atoms with Gasteiger partial charge in [-0.3, -0.25) is 4.90 Å². The Morgan fingerprint density at radius 3 is 2.60 bits per heavy atom. The molecule has 1 heteroatoms. The van der Waals surface area contributed by atoms with E-state index in [-0.39, 0.29) is 0 Å². The number of nitrogens with zero attached hydrogens (tertiary/aromatic N) is 1. The summed E-state index contributed by atoms with van der Waals surface area (Å²) >= 11 is 0. The normalized spacial score (nSPS) is 21.4. The molecule has 1 aliphatic rings. The maximum Gasteiger partial charge on any atom is 0.0168 e. The summed E-state index contributed by atoms with van der Waals surface area (Å²) in [5, 5.41) is 0. The molecule has 1 heterocycles. The molecular formula is C9H17N. The summed E-state index contributed by atoms with van der Waals surface area (Å²) in [6.45, 7) is 9.14. The SMILES string of the molecule is CC1=CCN(C(C)C)CC1. The smallest absolute Gasteiger partial charge is 0.0168 e. The van der Waals surface area contributed by atoms with Crippen molar-refractivity contribution in [3.63, 3.8) is 0 Å². The minimum atomic E-state index is 0.712. The highest BCUT2D eigenvalue weighted by atomic mass is 15.1. The fraction of sp³-hybridized carbons (Fsp3) is 0.778. The lowest BCUT2D eigenvalue weighted by Crippen LogP contribution is -2.34. The molecule has 0 amide bonds. The zero-order valence-electron chi connectivity index (χ0n) is 7.22. The van der Waals surface area contributed by atoms with Gasteiger partial charge in [-0.25, -0.2) is 0 Å². The Hall–Kier alpha value is -0.300. The molecule has 0 fully saturated rings. The van der Waals surface area contributed by atoms with Crippen molar-refractivity contribution in [3.8, 4) is 0 Å². The average molecular weight is 139 g/mol. The number of hydrogen-bond acceptors (Lipinski definition) is 1. The van der Waals surface area contributed by atoms with E-state index in [4.69, 9.17) is 0 Å². The lowest BCUT2D eigenvalue weighted by Gasteiger charge is -2.28. The number of hydrogen-bond donors (Lipinski definition) is 0. The molecule has 0 saturated carbocycles. The summed E-state index contributed by atoms with van der Waals surface area (Å²) in [5.74, 6) is 0. The van der Waals surface area contributed by atoms with E-state index < -0.39 is 0 Å². The second-order valence-electron chi connectivity index (χ2n) is 3.39. The van der Waals surface area contributed by atoms with E-state index in [1.165, 1.54) is 13.0 Å². The molecular weight excluding hydrogens is 122 g/mol. The van der Waals surface area contributed by atoms with Crippen molar-refractivity contribution in [2.45, 2.75) is 33.2 Å². The highest BCUT2D eigenvalue weighted by Gasteiger charge is 2.10. The largest absolute Gasteiger partial charge is 0.297 e. The first kappa shape index (κ1) is 7.80. The lowest BCUT2D eigenvalue weighted by molar-refractivity contribution is 0.239. The molecule has 1 nitrogen and oxygen atoms in total.